The quantitative estimate of drug-likeness (QED) is 0.494. The van der Waals surface area contributed by atoms with E-state index in [1.54, 1.807) is 18.2 Å². The molecule has 0 unspecified atom stereocenters. The average Bonchev–Trinajstić information content (AvgIpc) is 2.36. The van der Waals surface area contributed by atoms with Crippen molar-refractivity contribution >= 4 is 17.9 Å². The number of nitrogens with two attached hydrogens (primary N) is 1. The first kappa shape index (κ1) is 14.2. The molecule has 1 rings (SSSR count). The molecular weight excluding hydrogens is 230 g/mol. The maximum atomic E-state index is 11.8. The van der Waals surface area contributed by atoms with Crippen molar-refractivity contribution in [1.82, 2.24) is 0 Å². The van der Waals surface area contributed by atoms with Gasteiger partial charge in [0.05, 0.1) is 5.41 Å². The van der Waals surface area contributed by atoms with E-state index in [0.717, 1.165) is 12.0 Å². The van der Waals surface area contributed by atoms with Crippen molar-refractivity contribution in [3.05, 3.63) is 29.3 Å². The second-order valence-corrected chi connectivity index (χ2v) is 4.89. The molecule has 0 aromatic heterocycles. The van der Waals surface area contributed by atoms with Gasteiger partial charge in [0.25, 0.3) is 0 Å². The Morgan fingerprint density at radius 3 is 2.61 bits per heavy atom. The second kappa shape index (κ2) is 5.67. The Balaban J connectivity index is 2.67. The third-order valence-electron chi connectivity index (χ3n) is 3.08. The van der Waals surface area contributed by atoms with Gasteiger partial charge in [-0.25, -0.2) is 0 Å². The average molecular weight is 249 g/mol. The van der Waals surface area contributed by atoms with Gasteiger partial charge in [0.1, 0.15) is 6.61 Å². The van der Waals surface area contributed by atoms with Crippen LogP contribution in [0.4, 0.5) is 5.69 Å². The fraction of sp³-hybridized carbons (Fsp3) is 0.429. The molecule has 18 heavy (non-hydrogen) atoms. The van der Waals surface area contributed by atoms with Crippen LogP contribution < -0.4 is 5.73 Å². The van der Waals surface area contributed by atoms with Crippen LogP contribution in [0.25, 0.3) is 0 Å². The van der Waals surface area contributed by atoms with Gasteiger partial charge >= 0.3 is 5.97 Å². The molecule has 0 saturated heterocycles. The summed E-state index contributed by atoms with van der Waals surface area (Å²) in [6.07, 6.45) is 1.42. The van der Waals surface area contributed by atoms with E-state index in [2.05, 4.69) is 0 Å². The fourth-order valence-corrected chi connectivity index (χ4v) is 1.31. The number of anilines is 1. The lowest BCUT2D eigenvalue weighted by atomic mass is 9.91. The zero-order chi connectivity index (χ0) is 13.8. The van der Waals surface area contributed by atoms with Crippen LogP contribution in [0.5, 0.6) is 0 Å². The lowest BCUT2D eigenvalue weighted by Crippen LogP contribution is -2.25. The number of hydrogen-bond acceptors (Lipinski definition) is 4. The van der Waals surface area contributed by atoms with E-state index < -0.39 is 5.41 Å². The molecule has 98 valence electrons. The lowest BCUT2D eigenvalue weighted by molar-refractivity contribution is -0.155. The zero-order valence-electron chi connectivity index (χ0n) is 11.0. The van der Waals surface area contributed by atoms with Gasteiger partial charge in [-0.1, -0.05) is 13.0 Å². The molecule has 1 aromatic carbocycles. The van der Waals surface area contributed by atoms with Crippen LogP contribution in [0.15, 0.2) is 18.2 Å². The van der Waals surface area contributed by atoms with Crippen molar-refractivity contribution in [1.29, 1.82) is 0 Å². The van der Waals surface area contributed by atoms with Crippen LogP contribution in [0.1, 0.15) is 43.1 Å². The molecule has 0 amide bonds. The molecular formula is C14H19NO3. The zero-order valence-corrected chi connectivity index (χ0v) is 11.0. The number of carbonyl (C=O) groups excluding carboxylic acids is 2. The maximum Gasteiger partial charge on any atom is 0.311 e. The summed E-state index contributed by atoms with van der Waals surface area (Å²) in [5.74, 6) is -0.233. The molecule has 0 aliphatic rings. The van der Waals surface area contributed by atoms with Crippen molar-refractivity contribution in [2.75, 3.05) is 5.73 Å². The number of rotatable bonds is 5. The minimum Gasteiger partial charge on any atom is -0.460 e. The van der Waals surface area contributed by atoms with E-state index in [9.17, 15) is 9.59 Å². The minimum absolute atomic E-state index is 0.172. The summed E-state index contributed by atoms with van der Waals surface area (Å²) in [5.41, 5.74) is 6.82. The van der Waals surface area contributed by atoms with Gasteiger partial charge in [-0.05, 0) is 38.0 Å². The first-order chi connectivity index (χ1) is 8.40. The van der Waals surface area contributed by atoms with Crippen LogP contribution >= 0.6 is 0 Å². The molecule has 0 fully saturated rings. The van der Waals surface area contributed by atoms with E-state index in [0.29, 0.717) is 17.5 Å². The fourth-order valence-electron chi connectivity index (χ4n) is 1.31. The Labute approximate surface area is 107 Å². The molecule has 1 aromatic rings. The van der Waals surface area contributed by atoms with Gasteiger partial charge < -0.3 is 10.5 Å². The highest BCUT2D eigenvalue weighted by molar-refractivity contribution is 5.83. The molecule has 0 heterocycles. The first-order valence-corrected chi connectivity index (χ1v) is 5.91. The van der Waals surface area contributed by atoms with Gasteiger partial charge in [0.15, 0.2) is 6.29 Å². The monoisotopic (exact) mass is 249 g/mol. The van der Waals surface area contributed by atoms with Crippen molar-refractivity contribution in [2.24, 2.45) is 5.41 Å². The van der Waals surface area contributed by atoms with Gasteiger partial charge in [0.2, 0.25) is 0 Å². The number of aldehydes is 1. The van der Waals surface area contributed by atoms with Crippen LogP contribution in [0, 0.1) is 5.41 Å². The summed E-state index contributed by atoms with van der Waals surface area (Å²) in [7, 11) is 0. The third-order valence-corrected chi connectivity index (χ3v) is 3.08. The summed E-state index contributed by atoms with van der Waals surface area (Å²) < 4.78 is 5.23. The Bertz CT molecular complexity index is 452. The summed E-state index contributed by atoms with van der Waals surface area (Å²) in [6, 6.07) is 5.00. The molecule has 0 radical (unpaired) electrons. The molecule has 0 aliphatic heterocycles. The van der Waals surface area contributed by atoms with Crippen LogP contribution in [0.3, 0.4) is 0 Å². The van der Waals surface area contributed by atoms with Gasteiger partial charge in [-0.2, -0.15) is 0 Å². The van der Waals surface area contributed by atoms with E-state index in [4.69, 9.17) is 10.5 Å². The summed E-state index contributed by atoms with van der Waals surface area (Å²) in [6.45, 7) is 5.81. The lowest BCUT2D eigenvalue weighted by Gasteiger charge is -2.20. The molecule has 2 N–H and O–H groups in total. The van der Waals surface area contributed by atoms with E-state index in [-0.39, 0.29) is 12.6 Å². The van der Waals surface area contributed by atoms with E-state index in [1.807, 2.05) is 20.8 Å². The molecule has 4 heteroatoms. The molecule has 4 nitrogen and oxygen atoms in total. The highest BCUT2D eigenvalue weighted by atomic mass is 16.5. The molecule has 0 aliphatic carbocycles. The Kier molecular flexibility index (Phi) is 4.48. The van der Waals surface area contributed by atoms with Gasteiger partial charge in [-0.15, -0.1) is 0 Å². The topological polar surface area (TPSA) is 69.4 Å². The van der Waals surface area contributed by atoms with E-state index in [1.165, 1.54) is 0 Å². The molecule has 0 atom stereocenters. The Morgan fingerprint density at radius 2 is 2.11 bits per heavy atom. The number of benzene rings is 1. The highest BCUT2D eigenvalue weighted by Gasteiger charge is 2.26. The molecule has 0 spiro atoms. The van der Waals surface area contributed by atoms with Crippen molar-refractivity contribution in [2.45, 2.75) is 33.8 Å². The largest absolute Gasteiger partial charge is 0.460 e. The third kappa shape index (κ3) is 3.32. The van der Waals surface area contributed by atoms with Crippen molar-refractivity contribution in [3.63, 3.8) is 0 Å². The number of nitrogen functional groups attached to an aromatic ring is 1. The van der Waals surface area contributed by atoms with E-state index >= 15 is 0 Å². The number of esters is 1. The van der Waals surface area contributed by atoms with Crippen molar-refractivity contribution in [3.8, 4) is 0 Å². The normalized spacial score (nSPS) is 11.1. The predicted molar refractivity (Wildman–Crippen MR) is 70.1 cm³/mol. The Hall–Kier alpha value is -1.84. The molecule has 0 bridgehead atoms. The number of ether oxygens (including phenoxy) is 1. The summed E-state index contributed by atoms with van der Waals surface area (Å²) in [4.78, 5) is 22.4. The standard InChI is InChI=1S/C14H19NO3/c1-4-14(2,3)13(17)18-9-10-5-6-11(8-16)12(15)7-10/h5-8H,4,9,15H2,1-3H3. The Morgan fingerprint density at radius 1 is 1.44 bits per heavy atom. The van der Waals surface area contributed by atoms with Gasteiger partial charge in [0, 0.05) is 11.3 Å². The first-order valence-electron chi connectivity index (χ1n) is 5.91. The SMILES string of the molecule is CCC(C)(C)C(=O)OCc1ccc(C=O)c(N)c1. The second-order valence-electron chi connectivity index (χ2n) is 4.89. The van der Waals surface area contributed by atoms with Crippen LogP contribution in [0.2, 0.25) is 0 Å². The summed E-state index contributed by atoms with van der Waals surface area (Å²) in [5, 5.41) is 0. The van der Waals surface area contributed by atoms with Crippen LogP contribution in [-0.2, 0) is 16.1 Å². The smallest absolute Gasteiger partial charge is 0.311 e. The molecule has 0 saturated carbocycles. The predicted octanol–water partition coefficient (Wildman–Crippen LogP) is 2.56. The summed E-state index contributed by atoms with van der Waals surface area (Å²) >= 11 is 0. The maximum absolute atomic E-state index is 11.8. The van der Waals surface area contributed by atoms with Crippen molar-refractivity contribution < 1.29 is 14.3 Å². The van der Waals surface area contributed by atoms with Crippen LogP contribution in [-0.4, -0.2) is 12.3 Å². The minimum atomic E-state index is -0.478. The number of carbonyl (C=O) groups is 2. The van der Waals surface area contributed by atoms with Gasteiger partial charge in [-0.3, -0.25) is 9.59 Å². The number of hydrogen-bond donors (Lipinski definition) is 1. The highest BCUT2D eigenvalue weighted by Crippen LogP contribution is 2.22.